The number of nitrogens with one attached hydrogen (secondary N) is 1. The lowest BCUT2D eigenvalue weighted by Crippen LogP contribution is -2.09. The molecule has 0 radical (unpaired) electrons. The second-order valence-electron chi connectivity index (χ2n) is 4.80. The predicted molar refractivity (Wildman–Crippen MR) is 80.8 cm³/mol. The maximum Gasteiger partial charge on any atom is 0.128 e. The number of hydrogen-bond acceptors (Lipinski definition) is 2. The minimum absolute atomic E-state index is 0.0415. The Hall–Kier alpha value is -2.03. The zero-order valence-corrected chi connectivity index (χ0v) is 12.1. The monoisotopic (exact) mass is 273 g/mol. The summed E-state index contributed by atoms with van der Waals surface area (Å²) in [5.74, 6) is 0.669. The van der Waals surface area contributed by atoms with Crippen LogP contribution >= 0.6 is 0 Å². The quantitative estimate of drug-likeness (QED) is 0.852. The first-order chi connectivity index (χ1) is 9.61. The van der Waals surface area contributed by atoms with Crippen LogP contribution in [-0.4, -0.2) is 6.61 Å². The van der Waals surface area contributed by atoms with Crippen molar-refractivity contribution in [1.82, 2.24) is 0 Å². The van der Waals surface area contributed by atoms with Crippen molar-refractivity contribution in [2.45, 2.75) is 26.8 Å². The molecule has 1 atom stereocenters. The molecule has 1 unspecified atom stereocenters. The van der Waals surface area contributed by atoms with Gasteiger partial charge in [0.1, 0.15) is 11.6 Å². The Morgan fingerprint density at radius 1 is 1.20 bits per heavy atom. The maximum absolute atomic E-state index is 13.6. The standard InChI is InChI=1S/C17H20FNO/c1-4-20-17-8-6-5-7-15(17)13(3)19-14-10-9-12(2)16(18)11-14/h5-11,13,19H,4H2,1-3H3. The van der Waals surface area contributed by atoms with Crippen LogP contribution in [0.1, 0.15) is 31.0 Å². The van der Waals surface area contributed by atoms with E-state index >= 15 is 0 Å². The van der Waals surface area contributed by atoms with E-state index in [9.17, 15) is 4.39 Å². The summed E-state index contributed by atoms with van der Waals surface area (Å²) in [6.07, 6.45) is 0. The molecule has 3 heteroatoms. The molecule has 0 heterocycles. The Labute approximate surface area is 119 Å². The van der Waals surface area contributed by atoms with Crippen molar-refractivity contribution in [2.24, 2.45) is 0 Å². The van der Waals surface area contributed by atoms with Gasteiger partial charge in [0, 0.05) is 11.3 Å². The third kappa shape index (κ3) is 3.29. The maximum atomic E-state index is 13.6. The van der Waals surface area contributed by atoms with Crippen LogP contribution in [-0.2, 0) is 0 Å². The van der Waals surface area contributed by atoms with Crippen LogP contribution in [0.5, 0.6) is 5.75 Å². The Balaban J connectivity index is 2.19. The molecule has 2 aromatic carbocycles. The first-order valence-electron chi connectivity index (χ1n) is 6.86. The molecule has 0 aliphatic carbocycles. The molecule has 0 aromatic heterocycles. The molecule has 2 nitrogen and oxygen atoms in total. The molecule has 20 heavy (non-hydrogen) atoms. The summed E-state index contributed by atoms with van der Waals surface area (Å²) in [6, 6.07) is 13.1. The van der Waals surface area contributed by atoms with Gasteiger partial charge in [0.2, 0.25) is 0 Å². The first kappa shape index (κ1) is 14.4. The average Bonchev–Trinajstić information content (AvgIpc) is 2.44. The van der Waals surface area contributed by atoms with Gasteiger partial charge in [0.15, 0.2) is 0 Å². The summed E-state index contributed by atoms with van der Waals surface area (Å²) >= 11 is 0. The number of aryl methyl sites for hydroxylation is 1. The number of para-hydroxylation sites is 1. The van der Waals surface area contributed by atoms with Crippen molar-refractivity contribution in [3.05, 3.63) is 59.4 Å². The van der Waals surface area contributed by atoms with Crippen molar-refractivity contribution in [3.63, 3.8) is 0 Å². The topological polar surface area (TPSA) is 21.3 Å². The molecule has 1 N–H and O–H groups in total. The SMILES string of the molecule is CCOc1ccccc1C(C)Nc1ccc(C)c(F)c1. The largest absolute Gasteiger partial charge is 0.494 e. The van der Waals surface area contributed by atoms with Gasteiger partial charge < -0.3 is 10.1 Å². The number of anilines is 1. The Morgan fingerprint density at radius 3 is 2.65 bits per heavy atom. The lowest BCUT2D eigenvalue weighted by atomic mass is 10.1. The fourth-order valence-corrected chi connectivity index (χ4v) is 2.14. The van der Waals surface area contributed by atoms with Crippen LogP contribution in [0.25, 0.3) is 0 Å². The molecule has 106 valence electrons. The zero-order chi connectivity index (χ0) is 14.5. The summed E-state index contributed by atoms with van der Waals surface area (Å²) in [4.78, 5) is 0. The highest BCUT2D eigenvalue weighted by Crippen LogP contribution is 2.28. The van der Waals surface area contributed by atoms with E-state index in [0.29, 0.717) is 12.2 Å². The van der Waals surface area contributed by atoms with Gasteiger partial charge >= 0.3 is 0 Å². The molecule has 0 saturated heterocycles. The predicted octanol–water partition coefficient (Wildman–Crippen LogP) is 4.71. The average molecular weight is 273 g/mol. The third-order valence-corrected chi connectivity index (χ3v) is 3.24. The highest BCUT2D eigenvalue weighted by Gasteiger charge is 2.11. The minimum atomic E-state index is -0.194. The number of hydrogen-bond donors (Lipinski definition) is 1. The molecule has 0 aliphatic rings. The summed E-state index contributed by atoms with van der Waals surface area (Å²) < 4.78 is 19.2. The summed E-state index contributed by atoms with van der Waals surface area (Å²) in [7, 11) is 0. The van der Waals surface area contributed by atoms with Gasteiger partial charge in [-0.25, -0.2) is 4.39 Å². The van der Waals surface area contributed by atoms with Crippen LogP contribution in [0.3, 0.4) is 0 Å². The van der Waals surface area contributed by atoms with E-state index in [1.807, 2.05) is 44.2 Å². The number of ether oxygens (including phenoxy) is 1. The summed E-state index contributed by atoms with van der Waals surface area (Å²) in [6.45, 7) is 6.38. The minimum Gasteiger partial charge on any atom is -0.494 e. The van der Waals surface area contributed by atoms with Gasteiger partial charge in [-0.3, -0.25) is 0 Å². The van der Waals surface area contributed by atoms with Crippen molar-refractivity contribution >= 4 is 5.69 Å². The molecule has 0 spiro atoms. The molecule has 0 bridgehead atoms. The van der Waals surface area contributed by atoms with Crippen molar-refractivity contribution in [3.8, 4) is 5.75 Å². The van der Waals surface area contributed by atoms with E-state index in [-0.39, 0.29) is 11.9 Å². The van der Waals surface area contributed by atoms with Crippen LogP contribution in [0.15, 0.2) is 42.5 Å². The second kappa shape index (κ2) is 6.42. The van der Waals surface area contributed by atoms with Gasteiger partial charge in [-0.15, -0.1) is 0 Å². The van der Waals surface area contributed by atoms with Gasteiger partial charge in [0.05, 0.1) is 12.6 Å². The van der Waals surface area contributed by atoms with E-state index in [1.165, 1.54) is 6.07 Å². The van der Waals surface area contributed by atoms with Crippen molar-refractivity contribution in [1.29, 1.82) is 0 Å². The molecular formula is C17H20FNO. The lowest BCUT2D eigenvalue weighted by Gasteiger charge is -2.19. The fraction of sp³-hybridized carbons (Fsp3) is 0.294. The van der Waals surface area contributed by atoms with Gasteiger partial charge in [0.25, 0.3) is 0 Å². The number of rotatable bonds is 5. The van der Waals surface area contributed by atoms with Crippen LogP contribution in [0.4, 0.5) is 10.1 Å². The smallest absolute Gasteiger partial charge is 0.128 e. The molecular weight excluding hydrogens is 253 g/mol. The zero-order valence-electron chi connectivity index (χ0n) is 12.1. The second-order valence-corrected chi connectivity index (χ2v) is 4.80. The highest BCUT2D eigenvalue weighted by atomic mass is 19.1. The van der Waals surface area contributed by atoms with E-state index in [4.69, 9.17) is 4.74 Å². The van der Waals surface area contributed by atoms with E-state index in [2.05, 4.69) is 5.32 Å². The van der Waals surface area contributed by atoms with E-state index < -0.39 is 0 Å². The third-order valence-electron chi connectivity index (χ3n) is 3.24. The molecule has 0 fully saturated rings. The lowest BCUT2D eigenvalue weighted by molar-refractivity contribution is 0.335. The molecule has 0 amide bonds. The van der Waals surface area contributed by atoms with Gasteiger partial charge in [-0.1, -0.05) is 24.3 Å². The van der Waals surface area contributed by atoms with E-state index in [0.717, 1.165) is 17.0 Å². The molecule has 2 aromatic rings. The molecule has 0 saturated carbocycles. The molecule has 2 rings (SSSR count). The van der Waals surface area contributed by atoms with Gasteiger partial charge in [-0.05, 0) is 44.5 Å². The Kier molecular flexibility index (Phi) is 4.61. The summed E-state index contributed by atoms with van der Waals surface area (Å²) in [5.41, 5.74) is 2.49. The Bertz CT molecular complexity index is 583. The van der Waals surface area contributed by atoms with Gasteiger partial charge in [-0.2, -0.15) is 0 Å². The van der Waals surface area contributed by atoms with Crippen molar-refractivity contribution < 1.29 is 9.13 Å². The van der Waals surface area contributed by atoms with Crippen LogP contribution in [0, 0.1) is 12.7 Å². The highest BCUT2D eigenvalue weighted by molar-refractivity contribution is 5.49. The van der Waals surface area contributed by atoms with Crippen molar-refractivity contribution in [2.75, 3.05) is 11.9 Å². The first-order valence-corrected chi connectivity index (χ1v) is 6.86. The summed E-state index contributed by atoms with van der Waals surface area (Å²) in [5, 5.41) is 3.31. The molecule has 0 aliphatic heterocycles. The van der Waals surface area contributed by atoms with Crippen LogP contribution < -0.4 is 10.1 Å². The fourth-order valence-electron chi connectivity index (χ4n) is 2.14. The van der Waals surface area contributed by atoms with E-state index in [1.54, 1.807) is 13.0 Å². The number of benzene rings is 2. The normalized spacial score (nSPS) is 12.0. The number of halogens is 1. The van der Waals surface area contributed by atoms with Crippen LogP contribution in [0.2, 0.25) is 0 Å². The Morgan fingerprint density at radius 2 is 1.95 bits per heavy atom.